The minimum absolute atomic E-state index is 0.117. The number of carbonyl (C=O) groups excluding carboxylic acids is 1. The Hall–Kier alpha value is -2.58. The van der Waals surface area contributed by atoms with Gasteiger partial charge >= 0.3 is 0 Å². The SMILES string of the molecule is N#Cc1oc2ccccc2c1Oc1ccc(C=O)c(Br)c1. The molecule has 0 aliphatic heterocycles. The van der Waals surface area contributed by atoms with E-state index in [-0.39, 0.29) is 5.76 Å². The van der Waals surface area contributed by atoms with E-state index in [2.05, 4.69) is 15.9 Å². The Morgan fingerprint density at radius 2 is 2.05 bits per heavy atom. The second-order valence-electron chi connectivity index (χ2n) is 4.27. The molecule has 0 amide bonds. The summed E-state index contributed by atoms with van der Waals surface area (Å²) >= 11 is 3.30. The minimum atomic E-state index is 0.117. The smallest absolute Gasteiger partial charge is 0.247 e. The second-order valence-corrected chi connectivity index (χ2v) is 5.13. The highest BCUT2D eigenvalue weighted by Gasteiger charge is 2.16. The summed E-state index contributed by atoms with van der Waals surface area (Å²) in [5, 5.41) is 9.88. The summed E-state index contributed by atoms with van der Waals surface area (Å²) in [6.45, 7) is 0. The summed E-state index contributed by atoms with van der Waals surface area (Å²) in [6.07, 6.45) is 0.752. The van der Waals surface area contributed by atoms with Gasteiger partial charge in [0.1, 0.15) is 17.4 Å². The standard InChI is InChI=1S/C16H8BrNO3/c17-13-7-11(6-5-10(13)9-19)20-16-12-3-1-2-4-14(12)21-15(16)8-18/h1-7,9H. The van der Waals surface area contributed by atoms with Crippen molar-refractivity contribution in [3.8, 4) is 17.6 Å². The van der Waals surface area contributed by atoms with E-state index >= 15 is 0 Å². The summed E-state index contributed by atoms with van der Waals surface area (Å²) in [7, 11) is 0. The van der Waals surface area contributed by atoms with E-state index in [9.17, 15) is 4.79 Å². The number of furan rings is 1. The van der Waals surface area contributed by atoms with Gasteiger partial charge in [-0.25, -0.2) is 0 Å². The molecule has 5 heteroatoms. The fourth-order valence-corrected chi connectivity index (χ4v) is 2.43. The normalized spacial score (nSPS) is 10.3. The first kappa shape index (κ1) is 13.4. The van der Waals surface area contributed by atoms with Crippen molar-refractivity contribution >= 4 is 33.2 Å². The maximum Gasteiger partial charge on any atom is 0.247 e. The highest BCUT2D eigenvalue weighted by atomic mass is 79.9. The number of benzene rings is 2. The van der Waals surface area contributed by atoms with Gasteiger partial charge in [0.15, 0.2) is 12.0 Å². The van der Waals surface area contributed by atoms with Crippen LogP contribution in [0.2, 0.25) is 0 Å². The number of para-hydroxylation sites is 1. The molecule has 0 saturated heterocycles. The van der Waals surface area contributed by atoms with Crippen molar-refractivity contribution in [3.05, 3.63) is 58.3 Å². The van der Waals surface area contributed by atoms with E-state index in [1.807, 2.05) is 24.3 Å². The van der Waals surface area contributed by atoms with Gasteiger partial charge in [0.2, 0.25) is 5.76 Å². The predicted molar refractivity (Wildman–Crippen MR) is 80.5 cm³/mol. The molecule has 1 heterocycles. The summed E-state index contributed by atoms with van der Waals surface area (Å²) in [5.41, 5.74) is 1.12. The lowest BCUT2D eigenvalue weighted by molar-refractivity contribution is 0.112. The van der Waals surface area contributed by atoms with Crippen LogP contribution in [0, 0.1) is 11.3 Å². The zero-order valence-corrected chi connectivity index (χ0v) is 12.3. The van der Waals surface area contributed by atoms with Gasteiger partial charge in [0.25, 0.3) is 0 Å². The van der Waals surface area contributed by atoms with Crippen molar-refractivity contribution in [1.82, 2.24) is 0 Å². The number of fused-ring (bicyclic) bond motifs is 1. The largest absolute Gasteiger partial charge is 0.452 e. The molecule has 0 aliphatic rings. The Morgan fingerprint density at radius 1 is 1.24 bits per heavy atom. The molecule has 0 atom stereocenters. The second kappa shape index (κ2) is 5.43. The zero-order valence-electron chi connectivity index (χ0n) is 10.7. The Bertz CT molecular complexity index is 877. The molecule has 2 aromatic carbocycles. The quantitative estimate of drug-likeness (QED) is 0.649. The van der Waals surface area contributed by atoms with Crippen molar-refractivity contribution in [2.45, 2.75) is 0 Å². The average molecular weight is 342 g/mol. The predicted octanol–water partition coefficient (Wildman–Crippen LogP) is 4.67. The first-order valence-corrected chi connectivity index (χ1v) is 6.86. The minimum Gasteiger partial charge on any atom is -0.452 e. The molecule has 21 heavy (non-hydrogen) atoms. The number of hydrogen-bond acceptors (Lipinski definition) is 4. The van der Waals surface area contributed by atoms with Crippen LogP contribution in [0.5, 0.6) is 11.5 Å². The topological polar surface area (TPSA) is 63.2 Å². The van der Waals surface area contributed by atoms with Gasteiger partial charge in [-0.2, -0.15) is 5.26 Å². The number of aldehydes is 1. The number of rotatable bonds is 3. The molecular weight excluding hydrogens is 334 g/mol. The van der Waals surface area contributed by atoms with Gasteiger partial charge < -0.3 is 9.15 Å². The van der Waals surface area contributed by atoms with E-state index in [4.69, 9.17) is 14.4 Å². The van der Waals surface area contributed by atoms with Crippen molar-refractivity contribution in [3.63, 3.8) is 0 Å². The van der Waals surface area contributed by atoms with Crippen LogP contribution >= 0.6 is 15.9 Å². The number of ether oxygens (including phenoxy) is 1. The number of halogens is 1. The van der Waals surface area contributed by atoms with Crippen LogP contribution < -0.4 is 4.74 Å². The molecule has 0 spiro atoms. The first-order valence-electron chi connectivity index (χ1n) is 6.07. The maximum absolute atomic E-state index is 10.8. The molecule has 0 aliphatic carbocycles. The van der Waals surface area contributed by atoms with Crippen LogP contribution in [-0.4, -0.2) is 6.29 Å². The van der Waals surface area contributed by atoms with Crippen molar-refractivity contribution in [2.24, 2.45) is 0 Å². The Kier molecular flexibility index (Phi) is 3.46. The lowest BCUT2D eigenvalue weighted by Gasteiger charge is -2.05. The highest BCUT2D eigenvalue weighted by molar-refractivity contribution is 9.10. The van der Waals surface area contributed by atoms with E-state index in [0.29, 0.717) is 27.1 Å². The number of nitrogens with zero attached hydrogens (tertiary/aromatic N) is 1. The van der Waals surface area contributed by atoms with Gasteiger partial charge in [0.05, 0.1) is 5.39 Å². The lowest BCUT2D eigenvalue weighted by atomic mass is 10.2. The average Bonchev–Trinajstić information content (AvgIpc) is 2.86. The third kappa shape index (κ3) is 2.41. The molecule has 3 aromatic rings. The van der Waals surface area contributed by atoms with Gasteiger partial charge in [-0.05, 0) is 46.3 Å². The van der Waals surface area contributed by atoms with Crippen LogP contribution in [-0.2, 0) is 0 Å². The Balaban J connectivity index is 2.07. The first-order chi connectivity index (χ1) is 10.2. The molecule has 0 unspecified atom stereocenters. The molecular formula is C16H8BrNO3. The van der Waals surface area contributed by atoms with Crippen LogP contribution in [0.25, 0.3) is 11.0 Å². The molecule has 102 valence electrons. The molecule has 0 radical (unpaired) electrons. The summed E-state index contributed by atoms with van der Waals surface area (Å²) in [4.78, 5) is 10.8. The third-order valence-electron chi connectivity index (χ3n) is 2.97. The molecule has 0 fully saturated rings. The number of carbonyl (C=O) groups is 1. The summed E-state index contributed by atoms with van der Waals surface area (Å²) < 4.78 is 11.8. The van der Waals surface area contributed by atoms with Gasteiger partial charge in [-0.3, -0.25) is 4.79 Å². The van der Waals surface area contributed by atoms with E-state index in [1.54, 1.807) is 24.3 Å². The number of hydrogen-bond donors (Lipinski definition) is 0. The third-order valence-corrected chi connectivity index (χ3v) is 3.66. The van der Waals surface area contributed by atoms with Crippen LogP contribution in [0.4, 0.5) is 0 Å². The molecule has 0 saturated carbocycles. The van der Waals surface area contributed by atoms with Gasteiger partial charge in [0, 0.05) is 10.0 Å². The molecule has 1 aromatic heterocycles. The molecule has 3 rings (SSSR count). The maximum atomic E-state index is 10.8. The molecule has 0 bridgehead atoms. The lowest BCUT2D eigenvalue weighted by Crippen LogP contribution is -1.88. The van der Waals surface area contributed by atoms with Crippen LogP contribution in [0.15, 0.2) is 51.4 Å². The van der Waals surface area contributed by atoms with Crippen LogP contribution in [0.1, 0.15) is 16.1 Å². The Labute approximate surface area is 128 Å². The van der Waals surface area contributed by atoms with Crippen molar-refractivity contribution in [1.29, 1.82) is 5.26 Å². The molecule has 4 nitrogen and oxygen atoms in total. The van der Waals surface area contributed by atoms with Crippen molar-refractivity contribution < 1.29 is 13.9 Å². The fourth-order valence-electron chi connectivity index (χ4n) is 1.98. The number of nitriles is 1. The monoisotopic (exact) mass is 341 g/mol. The van der Waals surface area contributed by atoms with E-state index in [0.717, 1.165) is 11.7 Å². The van der Waals surface area contributed by atoms with Gasteiger partial charge in [-0.15, -0.1) is 0 Å². The van der Waals surface area contributed by atoms with Crippen molar-refractivity contribution in [2.75, 3.05) is 0 Å². The van der Waals surface area contributed by atoms with E-state index in [1.165, 1.54) is 0 Å². The fraction of sp³-hybridized carbons (Fsp3) is 0. The molecule has 0 N–H and O–H groups in total. The zero-order chi connectivity index (χ0) is 14.8. The van der Waals surface area contributed by atoms with E-state index < -0.39 is 0 Å². The van der Waals surface area contributed by atoms with Gasteiger partial charge in [-0.1, -0.05) is 12.1 Å². The Morgan fingerprint density at radius 3 is 2.76 bits per heavy atom. The highest BCUT2D eigenvalue weighted by Crippen LogP contribution is 2.36. The summed E-state index contributed by atoms with van der Waals surface area (Å²) in [5.74, 6) is 1.00. The van der Waals surface area contributed by atoms with Crippen LogP contribution in [0.3, 0.4) is 0 Å². The summed E-state index contributed by atoms with van der Waals surface area (Å²) in [6, 6.07) is 14.2.